The predicted molar refractivity (Wildman–Crippen MR) is 105 cm³/mol. The molecule has 27 heavy (non-hydrogen) atoms. The van der Waals surface area contributed by atoms with E-state index in [1.807, 2.05) is 34.8 Å². The fraction of sp³-hybridized carbons (Fsp3) is 0.381. The van der Waals surface area contributed by atoms with E-state index in [9.17, 15) is 4.79 Å². The van der Waals surface area contributed by atoms with Gasteiger partial charge in [-0.3, -0.25) is 4.79 Å². The van der Waals surface area contributed by atoms with Gasteiger partial charge in [-0.25, -0.2) is 4.98 Å². The number of carbonyl (C=O) groups is 1. The number of anilines is 1. The maximum atomic E-state index is 12.8. The lowest BCUT2D eigenvalue weighted by atomic mass is 10.1. The SMILES string of the molecule is O=C1CN(c2cc(-c3ccccc3)nc3ccnn23)CCN1C1CCCC1. The summed E-state index contributed by atoms with van der Waals surface area (Å²) in [5.74, 6) is 1.16. The molecule has 1 aliphatic carbocycles. The average Bonchev–Trinajstić information content (AvgIpc) is 3.39. The zero-order chi connectivity index (χ0) is 18.2. The molecule has 1 amide bonds. The standard InChI is InChI=1S/C21H23N5O/c27-21-15-24(12-13-25(21)17-8-4-5-9-17)20-14-18(16-6-2-1-3-7-16)23-19-10-11-22-26(19)20/h1-3,6-7,10-11,14,17H,4-5,8-9,12-13,15H2. The molecule has 1 saturated carbocycles. The summed E-state index contributed by atoms with van der Waals surface area (Å²) >= 11 is 0. The lowest BCUT2D eigenvalue weighted by Gasteiger charge is -2.38. The van der Waals surface area contributed by atoms with Crippen LogP contribution in [-0.4, -0.2) is 51.1 Å². The minimum absolute atomic E-state index is 0.228. The Balaban J connectivity index is 1.48. The van der Waals surface area contributed by atoms with Crippen LogP contribution < -0.4 is 4.90 Å². The van der Waals surface area contributed by atoms with Crippen LogP contribution >= 0.6 is 0 Å². The first-order valence-electron chi connectivity index (χ1n) is 9.74. The van der Waals surface area contributed by atoms with Crippen LogP contribution in [0.2, 0.25) is 0 Å². The molecule has 0 N–H and O–H groups in total. The molecule has 2 aliphatic rings. The van der Waals surface area contributed by atoms with Gasteiger partial charge in [-0.15, -0.1) is 0 Å². The Kier molecular flexibility index (Phi) is 4.03. The van der Waals surface area contributed by atoms with Crippen molar-refractivity contribution in [3.63, 3.8) is 0 Å². The third-order valence-electron chi connectivity index (χ3n) is 5.76. The minimum atomic E-state index is 0.228. The molecule has 3 aromatic rings. The number of fused-ring (bicyclic) bond motifs is 1. The number of rotatable bonds is 3. The van der Waals surface area contributed by atoms with Gasteiger partial charge in [0.1, 0.15) is 5.82 Å². The van der Waals surface area contributed by atoms with Crippen molar-refractivity contribution in [2.75, 3.05) is 24.5 Å². The van der Waals surface area contributed by atoms with Crippen LogP contribution in [0.5, 0.6) is 0 Å². The Bertz CT molecular complexity index is 961. The molecular weight excluding hydrogens is 338 g/mol. The minimum Gasteiger partial charge on any atom is -0.345 e. The topological polar surface area (TPSA) is 53.7 Å². The van der Waals surface area contributed by atoms with Crippen LogP contribution in [0.25, 0.3) is 16.9 Å². The molecule has 2 aromatic heterocycles. The summed E-state index contributed by atoms with van der Waals surface area (Å²) in [7, 11) is 0. The molecule has 138 valence electrons. The fourth-order valence-electron chi connectivity index (χ4n) is 4.36. The summed E-state index contributed by atoms with van der Waals surface area (Å²) in [5, 5.41) is 4.44. The van der Waals surface area contributed by atoms with Gasteiger partial charge in [0, 0.05) is 36.8 Å². The zero-order valence-corrected chi connectivity index (χ0v) is 15.3. The molecule has 1 saturated heterocycles. The second-order valence-corrected chi connectivity index (χ2v) is 7.41. The highest BCUT2D eigenvalue weighted by atomic mass is 16.2. The summed E-state index contributed by atoms with van der Waals surface area (Å²) in [6.07, 6.45) is 6.57. The van der Waals surface area contributed by atoms with Crippen LogP contribution in [0, 0.1) is 0 Å². The molecule has 3 heterocycles. The van der Waals surface area contributed by atoms with Crippen molar-refractivity contribution in [1.29, 1.82) is 0 Å². The Morgan fingerprint density at radius 2 is 1.81 bits per heavy atom. The molecule has 5 rings (SSSR count). The molecule has 1 aromatic carbocycles. The number of hydrogen-bond donors (Lipinski definition) is 0. The molecule has 6 heteroatoms. The third-order valence-corrected chi connectivity index (χ3v) is 5.76. The van der Waals surface area contributed by atoms with Crippen LogP contribution in [0.4, 0.5) is 5.82 Å². The lowest BCUT2D eigenvalue weighted by Crippen LogP contribution is -2.54. The van der Waals surface area contributed by atoms with E-state index in [0.29, 0.717) is 12.6 Å². The number of piperazine rings is 1. The number of carbonyl (C=O) groups excluding carboxylic acids is 1. The van der Waals surface area contributed by atoms with E-state index in [1.54, 1.807) is 6.20 Å². The number of benzene rings is 1. The van der Waals surface area contributed by atoms with Gasteiger partial charge in [-0.2, -0.15) is 9.61 Å². The van der Waals surface area contributed by atoms with Crippen LogP contribution in [0.1, 0.15) is 25.7 Å². The fourth-order valence-corrected chi connectivity index (χ4v) is 4.36. The van der Waals surface area contributed by atoms with Crippen molar-refractivity contribution in [2.24, 2.45) is 0 Å². The summed E-state index contributed by atoms with van der Waals surface area (Å²) in [5.41, 5.74) is 2.78. The van der Waals surface area contributed by atoms with Crippen LogP contribution in [0.3, 0.4) is 0 Å². The van der Waals surface area contributed by atoms with Gasteiger partial charge >= 0.3 is 0 Å². The van der Waals surface area contributed by atoms with Gasteiger partial charge in [0.15, 0.2) is 5.65 Å². The highest BCUT2D eigenvalue weighted by Gasteiger charge is 2.32. The van der Waals surface area contributed by atoms with Crippen molar-refractivity contribution in [3.8, 4) is 11.3 Å². The largest absolute Gasteiger partial charge is 0.345 e. The summed E-state index contributed by atoms with van der Waals surface area (Å²) in [6.45, 7) is 2.02. The number of aromatic nitrogens is 3. The molecule has 0 atom stereocenters. The van der Waals surface area contributed by atoms with E-state index < -0.39 is 0 Å². The molecule has 0 radical (unpaired) electrons. The van der Waals surface area contributed by atoms with Gasteiger partial charge in [0.25, 0.3) is 0 Å². The Morgan fingerprint density at radius 3 is 2.59 bits per heavy atom. The molecule has 0 bridgehead atoms. The van der Waals surface area contributed by atoms with E-state index in [4.69, 9.17) is 4.98 Å². The quantitative estimate of drug-likeness (QED) is 0.720. The average molecular weight is 361 g/mol. The van der Waals surface area contributed by atoms with E-state index in [1.165, 1.54) is 12.8 Å². The molecule has 6 nitrogen and oxygen atoms in total. The smallest absolute Gasteiger partial charge is 0.242 e. The van der Waals surface area contributed by atoms with Gasteiger partial charge in [0.05, 0.1) is 18.4 Å². The van der Waals surface area contributed by atoms with Crippen molar-refractivity contribution in [2.45, 2.75) is 31.7 Å². The maximum Gasteiger partial charge on any atom is 0.242 e. The number of hydrogen-bond acceptors (Lipinski definition) is 4. The van der Waals surface area contributed by atoms with E-state index in [0.717, 1.165) is 48.7 Å². The molecule has 0 unspecified atom stereocenters. The Morgan fingerprint density at radius 1 is 1.00 bits per heavy atom. The van der Waals surface area contributed by atoms with Crippen molar-refractivity contribution >= 4 is 17.4 Å². The molecule has 1 aliphatic heterocycles. The Labute approximate surface area is 158 Å². The first kappa shape index (κ1) is 16.3. The molecule has 2 fully saturated rings. The monoisotopic (exact) mass is 361 g/mol. The van der Waals surface area contributed by atoms with Crippen LogP contribution in [-0.2, 0) is 4.79 Å². The predicted octanol–water partition coefficient (Wildman–Crippen LogP) is 2.99. The van der Waals surface area contributed by atoms with Crippen LogP contribution in [0.15, 0.2) is 48.7 Å². The molecular formula is C21H23N5O. The highest BCUT2D eigenvalue weighted by Crippen LogP contribution is 2.28. The zero-order valence-electron chi connectivity index (χ0n) is 15.3. The normalized spacial score (nSPS) is 18.6. The number of nitrogens with zero attached hydrogens (tertiary/aromatic N) is 5. The first-order chi connectivity index (χ1) is 13.3. The maximum absolute atomic E-state index is 12.8. The summed E-state index contributed by atoms with van der Waals surface area (Å²) < 4.78 is 1.84. The summed E-state index contributed by atoms with van der Waals surface area (Å²) in [6, 6.07) is 14.6. The van der Waals surface area contributed by atoms with Gasteiger partial charge < -0.3 is 9.80 Å². The third kappa shape index (κ3) is 2.95. The second-order valence-electron chi connectivity index (χ2n) is 7.41. The van der Waals surface area contributed by atoms with Gasteiger partial charge in [-0.05, 0) is 12.8 Å². The van der Waals surface area contributed by atoms with Gasteiger partial charge in [-0.1, -0.05) is 43.2 Å². The lowest BCUT2D eigenvalue weighted by molar-refractivity contribution is -0.133. The summed E-state index contributed by atoms with van der Waals surface area (Å²) in [4.78, 5) is 21.8. The van der Waals surface area contributed by atoms with Gasteiger partial charge in [0.2, 0.25) is 5.91 Å². The number of amides is 1. The van der Waals surface area contributed by atoms with E-state index in [2.05, 4.69) is 27.0 Å². The highest BCUT2D eigenvalue weighted by molar-refractivity contribution is 5.83. The van der Waals surface area contributed by atoms with Crippen molar-refractivity contribution in [3.05, 3.63) is 48.7 Å². The van der Waals surface area contributed by atoms with Crippen molar-refractivity contribution in [1.82, 2.24) is 19.5 Å². The van der Waals surface area contributed by atoms with E-state index >= 15 is 0 Å². The first-order valence-corrected chi connectivity index (χ1v) is 9.74. The van der Waals surface area contributed by atoms with E-state index in [-0.39, 0.29) is 5.91 Å². The molecule has 0 spiro atoms. The van der Waals surface area contributed by atoms with Crippen molar-refractivity contribution < 1.29 is 4.79 Å². The Hall–Kier alpha value is -2.89. The second kappa shape index (κ2) is 6.68.